The summed E-state index contributed by atoms with van der Waals surface area (Å²) in [5, 5.41) is 0.919. The Balaban J connectivity index is 1.44. The number of carbonyl (C=O) groups excluding carboxylic acids is 1. The summed E-state index contributed by atoms with van der Waals surface area (Å²) in [6.45, 7) is 0.644. The summed E-state index contributed by atoms with van der Waals surface area (Å²) < 4.78 is 14.4. The highest BCUT2D eigenvalue weighted by molar-refractivity contribution is 6.35. The van der Waals surface area contributed by atoms with Crippen LogP contribution in [0.5, 0.6) is 0 Å². The van der Waals surface area contributed by atoms with Gasteiger partial charge >= 0.3 is 0 Å². The molecule has 1 saturated carbocycles. The van der Waals surface area contributed by atoms with Crippen LogP contribution in [-0.4, -0.2) is 41.9 Å². The quantitative estimate of drug-likeness (QED) is 0.334. The molecule has 0 saturated heterocycles. The third-order valence-corrected chi connectivity index (χ3v) is 9.65. The molecule has 3 aromatic carbocycles. The van der Waals surface area contributed by atoms with Crippen LogP contribution in [0.15, 0.2) is 72.3 Å². The summed E-state index contributed by atoms with van der Waals surface area (Å²) in [5.41, 5.74) is 6.25. The van der Waals surface area contributed by atoms with Crippen molar-refractivity contribution in [3.63, 3.8) is 0 Å². The zero-order valence-electron chi connectivity index (χ0n) is 21.7. The zero-order valence-corrected chi connectivity index (χ0v) is 23.2. The molecule has 38 heavy (non-hydrogen) atoms. The molecule has 6 rings (SSSR count). The molecule has 196 valence electrons. The van der Waals surface area contributed by atoms with Crippen LogP contribution in [0.3, 0.4) is 0 Å². The van der Waals surface area contributed by atoms with E-state index in [4.69, 9.17) is 23.2 Å². The van der Waals surface area contributed by atoms with Crippen molar-refractivity contribution < 1.29 is 9.18 Å². The molecule has 0 bridgehead atoms. The maximum atomic E-state index is 14.4. The highest BCUT2D eigenvalue weighted by Crippen LogP contribution is 2.55. The predicted octanol–water partition coefficient (Wildman–Crippen LogP) is 7.76. The summed E-state index contributed by atoms with van der Waals surface area (Å²) in [6.07, 6.45) is 4.92. The van der Waals surface area contributed by atoms with Crippen LogP contribution < -0.4 is 0 Å². The van der Waals surface area contributed by atoms with Gasteiger partial charge in [-0.1, -0.05) is 59.6 Å². The SMILES string of the molecule is CN(C)C1(c2cccc(F)c2)CCC2(CC1)C1=C(CCN2C(=O)c2cc(Cl)cc(Cl)c2)c2ccccc2C1. The average molecular weight is 550 g/mol. The van der Waals surface area contributed by atoms with Crippen molar-refractivity contribution in [1.29, 1.82) is 0 Å². The van der Waals surface area contributed by atoms with Gasteiger partial charge in [-0.15, -0.1) is 0 Å². The number of rotatable bonds is 3. The van der Waals surface area contributed by atoms with Crippen molar-refractivity contribution in [3.8, 4) is 0 Å². The summed E-state index contributed by atoms with van der Waals surface area (Å²) in [7, 11) is 4.16. The van der Waals surface area contributed by atoms with Gasteiger partial charge < -0.3 is 4.90 Å². The minimum absolute atomic E-state index is 0.0278. The van der Waals surface area contributed by atoms with Crippen LogP contribution >= 0.6 is 23.2 Å². The van der Waals surface area contributed by atoms with E-state index >= 15 is 0 Å². The van der Waals surface area contributed by atoms with Gasteiger partial charge in [0.05, 0.1) is 5.54 Å². The molecule has 3 nitrogen and oxygen atoms in total. The Bertz CT molecular complexity index is 1440. The van der Waals surface area contributed by atoms with E-state index in [0.717, 1.165) is 44.1 Å². The van der Waals surface area contributed by atoms with Gasteiger partial charge in [-0.05, 0) is 111 Å². The Morgan fingerprint density at radius 3 is 2.32 bits per heavy atom. The van der Waals surface area contributed by atoms with Gasteiger partial charge in [0.1, 0.15) is 5.82 Å². The fourth-order valence-corrected chi connectivity index (χ4v) is 7.84. The number of carbonyl (C=O) groups is 1. The maximum Gasteiger partial charge on any atom is 0.254 e. The summed E-state index contributed by atoms with van der Waals surface area (Å²) in [4.78, 5) is 18.5. The van der Waals surface area contributed by atoms with E-state index in [9.17, 15) is 9.18 Å². The van der Waals surface area contributed by atoms with Gasteiger partial charge in [0.25, 0.3) is 5.91 Å². The van der Waals surface area contributed by atoms with Gasteiger partial charge in [-0.2, -0.15) is 0 Å². The minimum Gasteiger partial charge on any atom is -0.329 e. The molecule has 3 aliphatic rings. The third-order valence-electron chi connectivity index (χ3n) is 9.21. The molecule has 0 N–H and O–H groups in total. The van der Waals surface area contributed by atoms with E-state index in [0.29, 0.717) is 22.2 Å². The third kappa shape index (κ3) is 4.00. The lowest BCUT2D eigenvalue weighted by atomic mass is 9.63. The lowest BCUT2D eigenvalue weighted by molar-refractivity contribution is 0.00714. The number of nitrogens with zero attached hydrogens (tertiary/aromatic N) is 2. The number of amides is 1. The largest absolute Gasteiger partial charge is 0.329 e. The van der Waals surface area contributed by atoms with Crippen molar-refractivity contribution in [2.45, 2.75) is 49.6 Å². The Kier molecular flexibility index (Phi) is 6.41. The number of fused-ring (bicyclic) bond motifs is 3. The van der Waals surface area contributed by atoms with Crippen LogP contribution in [0, 0.1) is 5.82 Å². The Morgan fingerprint density at radius 2 is 1.63 bits per heavy atom. The number of hydrogen-bond acceptors (Lipinski definition) is 2. The second-order valence-corrected chi connectivity index (χ2v) is 12.0. The molecule has 1 aliphatic heterocycles. The molecule has 1 amide bonds. The van der Waals surface area contributed by atoms with Crippen molar-refractivity contribution >= 4 is 34.7 Å². The molecule has 6 heteroatoms. The lowest BCUT2D eigenvalue weighted by Gasteiger charge is -2.56. The predicted molar refractivity (Wildman–Crippen MR) is 152 cm³/mol. The monoisotopic (exact) mass is 548 g/mol. The molecular formula is C32H31Cl2FN2O. The highest BCUT2D eigenvalue weighted by Gasteiger charge is 2.54. The van der Waals surface area contributed by atoms with E-state index < -0.39 is 5.54 Å². The zero-order chi connectivity index (χ0) is 26.7. The van der Waals surface area contributed by atoms with Crippen molar-refractivity contribution in [3.05, 3.63) is 110 Å². The average Bonchev–Trinajstić information content (AvgIpc) is 3.28. The number of benzene rings is 3. The molecule has 0 aromatic heterocycles. The Labute approximate surface area is 233 Å². The van der Waals surface area contributed by atoms with Crippen LogP contribution in [0.1, 0.15) is 59.2 Å². The molecule has 1 fully saturated rings. The van der Waals surface area contributed by atoms with Gasteiger partial charge in [0, 0.05) is 27.7 Å². The van der Waals surface area contributed by atoms with E-state index in [2.05, 4.69) is 48.2 Å². The van der Waals surface area contributed by atoms with E-state index in [1.54, 1.807) is 30.3 Å². The van der Waals surface area contributed by atoms with Crippen molar-refractivity contribution in [2.75, 3.05) is 20.6 Å². The molecule has 0 unspecified atom stereocenters. The molecule has 0 atom stereocenters. The molecule has 2 aliphatic carbocycles. The smallest absolute Gasteiger partial charge is 0.254 e. The first-order valence-corrected chi connectivity index (χ1v) is 14.0. The molecule has 0 radical (unpaired) electrons. The molecule has 1 heterocycles. The van der Waals surface area contributed by atoms with Crippen molar-refractivity contribution in [2.24, 2.45) is 0 Å². The van der Waals surface area contributed by atoms with Crippen LogP contribution in [0.2, 0.25) is 10.0 Å². The second-order valence-electron chi connectivity index (χ2n) is 11.1. The molecule has 1 spiro atoms. The van der Waals surface area contributed by atoms with Crippen molar-refractivity contribution in [1.82, 2.24) is 9.80 Å². The molecule has 3 aromatic rings. The van der Waals surface area contributed by atoms with E-state index in [1.807, 2.05) is 6.07 Å². The first-order chi connectivity index (χ1) is 18.2. The summed E-state index contributed by atoms with van der Waals surface area (Å²) in [6, 6.07) is 20.7. The number of halogens is 3. The van der Waals surface area contributed by atoms with Crippen LogP contribution in [0.4, 0.5) is 4.39 Å². The number of hydrogen-bond donors (Lipinski definition) is 0. The summed E-state index contributed by atoms with van der Waals surface area (Å²) in [5.74, 6) is -0.243. The standard InChI is InChI=1S/C32H31Cl2FN2O/c1-36(2)31(23-7-5-8-26(35)19-23)11-13-32(14-12-31)29-18-21-6-3-4-9-27(21)28(29)10-15-37(32)30(38)22-16-24(33)20-25(34)17-22/h3-9,16-17,19-20H,10-15,18H2,1-2H3. The molecular weight excluding hydrogens is 518 g/mol. The van der Waals surface area contributed by atoms with Gasteiger partial charge in [0.15, 0.2) is 0 Å². The van der Waals surface area contributed by atoms with Gasteiger partial charge in [0.2, 0.25) is 0 Å². The topological polar surface area (TPSA) is 23.6 Å². The lowest BCUT2D eigenvalue weighted by Crippen LogP contribution is -2.60. The normalized spacial score (nSPS) is 24.6. The van der Waals surface area contributed by atoms with Gasteiger partial charge in [-0.25, -0.2) is 4.39 Å². The van der Waals surface area contributed by atoms with E-state index in [-0.39, 0.29) is 17.3 Å². The second kappa shape index (κ2) is 9.51. The summed E-state index contributed by atoms with van der Waals surface area (Å²) >= 11 is 12.6. The Morgan fingerprint density at radius 1 is 0.921 bits per heavy atom. The maximum absolute atomic E-state index is 14.4. The first-order valence-electron chi connectivity index (χ1n) is 13.3. The fourth-order valence-electron chi connectivity index (χ4n) is 7.31. The Hall–Kier alpha value is -2.66. The van der Waals surface area contributed by atoms with Gasteiger partial charge in [-0.3, -0.25) is 9.69 Å². The van der Waals surface area contributed by atoms with Crippen LogP contribution in [0.25, 0.3) is 5.57 Å². The van der Waals surface area contributed by atoms with Crippen LogP contribution in [-0.2, 0) is 12.0 Å². The minimum atomic E-state index is -0.411. The first kappa shape index (κ1) is 25.6. The fraction of sp³-hybridized carbons (Fsp3) is 0.344. The van der Waals surface area contributed by atoms with E-state index in [1.165, 1.54) is 28.3 Å². The highest BCUT2D eigenvalue weighted by atomic mass is 35.5.